The summed E-state index contributed by atoms with van der Waals surface area (Å²) in [6.07, 6.45) is 0. The van der Waals surface area contributed by atoms with Crippen molar-refractivity contribution in [2.24, 2.45) is 0 Å². The highest BCUT2D eigenvalue weighted by Crippen LogP contribution is 2.35. The van der Waals surface area contributed by atoms with E-state index in [1.807, 2.05) is 0 Å². The molecular weight excluding hydrogens is 389 g/mol. The van der Waals surface area contributed by atoms with Crippen molar-refractivity contribution >= 4 is 57.4 Å². The van der Waals surface area contributed by atoms with Crippen LogP contribution in [0.4, 0.5) is 5.00 Å². The lowest BCUT2D eigenvalue weighted by atomic mass is 10.1. The molecule has 0 saturated carbocycles. The molecule has 9 heteroatoms. The molecule has 0 aliphatic heterocycles. The molecule has 0 radical (unpaired) electrons. The average molecular weight is 402 g/mol. The lowest BCUT2D eigenvalue weighted by molar-refractivity contribution is 0.0601. The van der Waals surface area contributed by atoms with Gasteiger partial charge in [-0.05, 0) is 24.6 Å². The number of anilines is 1. The molecule has 1 N–H and O–H groups in total. The van der Waals surface area contributed by atoms with Crippen LogP contribution in [0, 0.1) is 6.92 Å². The van der Waals surface area contributed by atoms with E-state index in [1.54, 1.807) is 13.0 Å². The van der Waals surface area contributed by atoms with Gasteiger partial charge in [0.15, 0.2) is 0 Å². The van der Waals surface area contributed by atoms with E-state index in [0.29, 0.717) is 5.56 Å². The van der Waals surface area contributed by atoms with Crippen molar-refractivity contribution in [1.29, 1.82) is 0 Å². The summed E-state index contributed by atoms with van der Waals surface area (Å²) in [5.74, 6) is -1.92. The van der Waals surface area contributed by atoms with Crippen LogP contribution in [-0.4, -0.2) is 32.1 Å². The monoisotopic (exact) mass is 401 g/mol. The number of nitrogens with one attached hydrogen (secondary N) is 1. The van der Waals surface area contributed by atoms with Crippen molar-refractivity contribution in [3.63, 3.8) is 0 Å². The van der Waals surface area contributed by atoms with E-state index in [-0.39, 0.29) is 31.1 Å². The van der Waals surface area contributed by atoms with Crippen molar-refractivity contribution in [2.45, 2.75) is 6.92 Å². The summed E-state index contributed by atoms with van der Waals surface area (Å²) in [7, 11) is 2.43. The Morgan fingerprint density at radius 1 is 1.00 bits per heavy atom. The van der Waals surface area contributed by atoms with Crippen LogP contribution in [0.3, 0.4) is 0 Å². The molecular formula is C16H13Cl2NO5S. The Labute approximate surface area is 157 Å². The predicted octanol–water partition coefficient (Wildman–Crippen LogP) is 4.19. The van der Waals surface area contributed by atoms with Gasteiger partial charge in [0.25, 0.3) is 5.91 Å². The lowest BCUT2D eigenvalue weighted by Gasteiger charge is -2.08. The van der Waals surface area contributed by atoms with Crippen LogP contribution in [0.2, 0.25) is 10.0 Å². The van der Waals surface area contributed by atoms with Crippen molar-refractivity contribution in [3.8, 4) is 0 Å². The third-order valence-corrected chi connectivity index (χ3v) is 5.14. The van der Waals surface area contributed by atoms with Crippen molar-refractivity contribution < 1.29 is 23.9 Å². The molecule has 25 heavy (non-hydrogen) atoms. The van der Waals surface area contributed by atoms with Gasteiger partial charge in [0.05, 0.1) is 35.4 Å². The minimum Gasteiger partial charge on any atom is -0.465 e. The Hall–Kier alpha value is -2.09. The highest BCUT2D eigenvalue weighted by atomic mass is 35.5. The zero-order chi connectivity index (χ0) is 18.7. The maximum absolute atomic E-state index is 12.5. The largest absolute Gasteiger partial charge is 0.465 e. The normalized spacial score (nSPS) is 10.3. The number of halogens is 2. The molecule has 1 aromatic heterocycles. The molecule has 0 spiro atoms. The standard InChI is InChI=1S/C16H13Cl2NO5S/c1-7-10(15(21)23-2)14(25-12(7)16(22)24-3)19-13(20)11-8(17)5-4-6-9(11)18/h4-6H,1-3H3,(H,19,20). The molecule has 0 bridgehead atoms. The maximum atomic E-state index is 12.5. The lowest BCUT2D eigenvalue weighted by Crippen LogP contribution is -2.15. The first-order valence-corrected chi connectivity index (χ1v) is 8.44. The minimum absolute atomic E-state index is 0.0623. The second kappa shape index (κ2) is 7.86. The second-order valence-corrected chi connectivity index (χ2v) is 6.63. The van der Waals surface area contributed by atoms with Gasteiger partial charge in [-0.3, -0.25) is 4.79 Å². The van der Waals surface area contributed by atoms with Crippen molar-refractivity contribution in [1.82, 2.24) is 0 Å². The van der Waals surface area contributed by atoms with Crippen LogP contribution in [0.15, 0.2) is 18.2 Å². The van der Waals surface area contributed by atoms with E-state index >= 15 is 0 Å². The van der Waals surface area contributed by atoms with Crippen molar-refractivity contribution in [2.75, 3.05) is 19.5 Å². The van der Waals surface area contributed by atoms with Gasteiger partial charge < -0.3 is 14.8 Å². The summed E-state index contributed by atoms with van der Waals surface area (Å²) in [6.45, 7) is 1.56. The summed E-state index contributed by atoms with van der Waals surface area (Å²) >= 11 is 12.9. The number of benzene rings is 1. The summed E-state index contributed by atoms with van der Waals surface area (Å²) in [5.41, 5.74) is 0.487. The van der Waals surface area contributed by atoms with E-state index in [1.165, 1.54) is 26.4 Å². The topological polar surface area (TPSA) is 81.7 Å². The third kappa shape index (κ3) is 3.78. The first-order chi connectivity index (χ1) is 11.8. The summed E-state index contributed by atoms with van der Waals surface area (Å²) in [5, 5.41) is 3.03. The number of hydrogen-bond donors (Lipinski definition) is 1. The predicted molar refractivity (Wildman–Crippen MR) is 96.2 cm³/mol. The summed E-state index contributed by atoms with van der Waals surface area (Å²) in [6, 6.07) is 4.64. The number of methoxy groups -OCH3 is 2. The van der Waals surface area contributed by atoms with Crippen LogP contribution < -0.4 is 5.32 Å². The van der Waals surface area contributed by atoms with Gasteiger partial charge in [0, 0.05) is 0 Å². The molecule has 1 amide bonds. The minimum atomic E-state index is -0.690. The Kier molecular flexibility index (Phi) is 6.05. The zero-order valence-electron chi connectivity index (χ0n) is 13.4. The molecule has 0 fully saturated rings. The quantitative estimate of drug-likeness (QED) is 0.776. The highest BCUT2D eigenvalue weighted by Gasteiger charge is 2.27. The molecule has 6 nitrogen and oxygen atoms in total. The SMILES string of the molecule is COC(=O)c1sc(NC(=O)c2c(Cl)cccc2Cl)c(C(=O)OC)c1C. The van der Waals surface area contributed by atoms with Gasteiger partial charge >= 0.3 is 11.9 Å². The van der Waals surface area contributed by atoms with Crippen LogP contribution in [0.1, 0.15) is 36.0 Å². The van der Waals surface area contributed by atoms with Gasteiger partial charge in [0.2, 0.25) is 0 Å². The molecule has 2 aromatic rings. The molecule has 1 aromatic carbocycles. The maximum Gasteiger partial charge on any atom is 0.348 e. The van der Waals surface area contributed by atoms with E-state index in [9.17, 15) is 14.4 Å². The second-order valence-electron chi connectivity index (χ2n) is 4.79. The molecule has 0 aliphatic rings. The number of ether oxygens (including phenoxy) is 2. The van der Waals surface area contributed by atoms with Gasteiger partial charge in [-0.25, -0.2) is 9.59 Å². The molecule has 0 saturated heterocycles. The summed E-state index contributed by atoms with van der Waals surface area (Å²) in [4.78, 5) is 36.6. The smallest absolute Gasteiger partial charge is 0.348 e. The molecule has 0 unspecified atom stereocenters. The number of carbonyl (C=O) groups is 3. The number of hydrogen-bond acceptors (Lipinski definition) is 6. The van der Waals surface area contributed by atoms with Gasteiger partial charge in [-0.2, -0.15) is 0 Å². The molecule has 1 heterocycles. The van der Waals surface area contributed by atoms with E-state index in [2.05, 4.69) is 5.32 Å². The number of thiophene rings is 1. The van der Waals surface area contributed by atoms with Gasteiger partial charge in [-0.15, -0.1) is 11.3 Å². The number of esters is 2. The number of rotatable bonds is 4. The fourth-order valence-electron chi connectivity index (χ4n) is 2.12. The highest BCUT2D eigenvalue weighted by molar-refractivity contribution is 7.18. The van der Waals surface area contributed by atoms with Crippen LogP contribution in [0.5, 0.6) is 0 Å². The van der Waals surface area contributed by atoms with E-state index in [0.717, 1.165) is 11.3 Å². The van der Waals surface area contributed by atoms with Crippen molar-refractivity contribution in [3.05, 3.63) is 49.8 Å². The molecule has 2 rings (SSSR count). The Morgan fingerprint density at radius 2 is 1.56 bits per heavy atom. The van der Waals surface area contributed by atoms with Crippen LogP contribution >= 0.6 is 34.5 Å². The van der Waals surface area contributed by atoms with Crippen LogP contribution in [-0.2, 0) is 9.47 Å². The molecule has 132 valence electrons. The van der Waals surface area contributed by atoms with E-state index in [4.69, 9.17) is 32.7 Å². The molecule has 0 aliphatic carbocycles. The first-order valence-electron chi connectivity index (χ1n) is 6.87. The Morgan fingerprint density at radius 3 is 2.08 bits per heavy atom. The molecule has 0 atom stereocenters. The number of carbonyl (C=O) groups excluding carboxylic acids is 3. The van der Waals surface area contributed by atoms with E-state index < -0.39 is 17.8 Å². The Balaban J connectivity index is 2.50. The number of amides is 1. The first kappa shape index (κ1) is 19.2. The van der Waals surface area contributed by atoms with Gasteiger partial charge in [0.1, 0.15) is 9.88 Å². The fraction of sp³-hybridized carbons (Fsp3) is 0.188. The van der Waals surface area contributed by atoms with Gasteiger partial charge in [-0.1, -0.05) is 29.3 Å². The Bertz CT molecular complexity index is 842. The third-order valence-electron chi connectivity index (χ3n) is 3.32. The van der Waals surface area contributed by atoms with Crippen LogP contribution in [0.25, 0.3) is 0 Å². The fourth-order valence-corrected chi connectivity index (χ4v) is 3.79. The average Bonchev–Trinajstić information content (AvgIpc) is 2.89. The summed E-state index contributed by atoms with van der Waals surface area (Å²) < 4.78 is 9.42. The zero-order valence-corrected chi connectivity index (χ0v) is 15.8.